The summed E-state index contributed by atoms with van der Waals surface area (Å²) in [5, 5.41) is 0. The number of allylic oxidation sites excluding steroid dienone is 3. The van der Waals surface area contributed by atoms with Gasteiger partial charge in [0.25, 0.3) is 0 Å². The monoisotopic (exact) mass is 179 g/mol. The average molecular weight is 179 g/mol. The van der Waals surface area contributed by atoms with Gasteiger partial charge in [-0.3, -0.25) is 0 Å². The number of rotatable bonds is 3. The van der Waals surface area contributed by atoms with E-state index < -0.39 is 0 Å². The zero-order chi connectivity index (χ0) is 9.10. The van der Waals surface area contributed by atoms with Gasteiger partial charge >= 0.3 is 0 Å². The van der Waals surface area contributed by atoms with Crippen molar-refractivity contribution in [1.29, 1.82) is 0 Å². The van der Waals surface area contributed by atoms with Crippen LogP contribution in [0.15, 0.2) is 23.9 Å². The molecule has 1 fully saturated rings. The molecule has 1 aliphatic carbocycles. The summed E-state index contributed by atoms with van der Waals surface area (Å²) in [5.74, 6) is 0. The van der Waals surface area contributed by atoms with Gasteiger partial charge in [-0.2, -0.15) is 0 Å². The van der Waals surface area contributed by atoms with Crippen molar-refractivity contribution in [3.63, 3.8) is 0 Å². The van der Waals surface area contributed by atoms with Crippen LogP contribution in [0.5, 0.6) is 0 Å². The maximum Gasteiger partial charge on any atom is 0.0666 e. The lowest BCUT2D eigenvalue weighted by Gasteiger charge is -2.27. The molecule has 13 heavy (non-hydrogen) atoms. The van der Waals surface area contributed by atoms with E-state index in [1.165, 1.54) is 25.1 Å². The third-order valence-electron chi connectivity index (χ3n) is 2.86. The zero-order valence-corrected chi connectivity index (χ0v) is 8.20. The molecule has 0 aromatic carbocycles. The SMILES string of the molecule is COC[C@@H]1CCCN1C1=CC=CC1. The fourth-order valence-corrected chi connectivity index (χ4v) is 2.23. The lowest BCUT2D eigenvalue weighted by atomic mass is 10.2. The Labute approximate surface area is 79.9 Å². The predicted molar refractivity (Wildman–Crippen MR) is 53.4 cm³/mol. The lowest BCUT2D eigenvalue weighted by Crippen LogP contribution is -2.31. The Bertz CT molecular complexity index is 232. The normalized spacial score (nSPS) is 27.0. The van der Waals surface area contributed by atoms with Gasteiger partial charge in [0.1, 0.15) is 0 Å². The van der Waals surface area contributed by atoms with Crippen LogP contribution in [0.1, 0.15) is 19.3 Å². The molecule has 1 atom stereocenters. The Balaban J connectivity index is 1.97. The fraction of sp³-hybridized carbons (Fsp3) is 0.636. The van der Waals surface area contributed by atoms with Gasteiger partial charge in [-0.25, -0.2) is 0 Å². The van der Waals surface area contributed by atoms with E-state index in [2.05, 4.69) is 23.1 Å². The van der Waals surface area contributed by atoms with Crippen LogP contribution in [0.4, 0.5) is 0 Å². The van der Waals surface area contributed by atoms with E-state index >= 15 is 0 Å². The fourth-order valence-electron chi connectivity index (χ4n) is 2.23. The van der Waals surface area contributed by atoms with Crippen molar-refractivity contribution in [3.05, 3.63) is 23.9 Å². The summed E-state index contributed by atoms with van der Waals surface area (Å²) in [5.41, 5.74) is 1.47. The first kappa shape index (κ1) is 8.82. The van der Waals surface area contributed by atoms with Crippen LogP contribution in [0.3, 0.4) is 0 Å². The van der Waals surface area contributed by atoms with Crippen molar-refractivity contribution in [2.24, 2.45) is 0 Å². The van der Waals surface area contributed by atoms with Crippen LogP contribution in [-0.2, 0) is 4.74 Å². The number of methoxy groups -OCH3 is 1. The Morgan fingerprint density at radius 2 is 2.54 bits per heavy atom. The highest BCUT2D eigenvalue weighted by Crippen LogP contribution is 2.26. The topological polar surface area (TPSA) is 12.5 Å². The highest BCUT2D eigenvalue weighted by atomic mass is 16.5. The van der Waals surface area contributed by atoms with Gasteiger partial charge in [-0.15, -0.1) is 0 Å². The zero-order valence-electron chi connectivity index (χ0n) is 8.20. The maximum absolute atomic E-state index is 5.23. The molecule has 72 valence electrons. The summed E-state index contributed by atoms with van der Waals surface area (Å²) < 4.78 is 5.23. The highest BCUT2D eigenvalue weighted by Gasteiger charge is 2.25. The molecule has 0 bridgehead atoms. The smallest absolute Gasteiger partial charge is 0.0666 e. The second-order valence-electron chi connectivity index (χ2n) is 3.74. The Morgan fingerprint density at radius 1 is 1.62 bits per heavy atom. The van der Waals surface area contributed by atoms with Crippen molar-refractivity contribution in [3.8, 4) is 0 Å². The largest absolute Gasteiger partial charge is 0.383 e. The van der Waals surface area contributed by atoms with E-state index in [1.54, 1.807) is 7.11 Å². The summed E-state index contributed by atoms with van der Waals surface area (Å²) in [7, 11) is 1.79. The van der Waals surface area contributed by atoms with Crippen LogP contribution >= 0.6 is 0 Å². The van der Waals surface area contributed by atoms with Gasteiger partial charge in [0.2, 0.25) is 0 Å². The molecule has 1 saturated heterocycles. The van der Waals surface area contributed by atoms with Gasteiger partial charge in [0.15, 0.2) is 0 Å². The molecule has 1 aliphatic heterocycles. The van der Waals surface area contributed by atoms with Crippen LogP contribution in [0.2, 0.25) is 0 Å². The Hall–Kier alpha value is -0.760. The third-order valence-corrected chi connectivity index (χ3v) is 2.86. The molecule has 1 heterocycles. The number of hydrogen-bond donors (Lipinski definition) is 0. The molecule has 2 rings (SSSR count). The molecule has 0 aromatic rings. The predicted octanol–water partition coefficient (Wildman–Crippen LogP) is 1.94. The number of likely N-dealkylation sites (tertiary alicyclic amines) is 1. The van der Waals surface area contributed by atoms with Crippen molar-refractivity contribution in [1.82, 2.24) is 4.90 Å². The molecule has 0 radical (unpaired) electrons. The van der Waals surface area contributed by atoms with Gasteiger partial charge < -0.3 is 9.64 Å². The Morgan fingerprint density at radius 3 is 3.23 bits per heavy atom. The number of nitrogens with zero attached hydrogens (tertiary/aromatic N) is 1. The minimum Gasteiger partial charge on any atom is -0.383 e. The molecule has 2 aliphatic rings. The second kappa shape index (κ2) is 3.97. The van der Waals surface area contributed by atoms with Gasteiger partial charge in [0, 0.05) is 25.8 Å². The lowest BCUT2D eigenvalue weighted by molar-refractivity contribution is 0.131. The van der Waals surface area contributed by atoms with Gasteiger partial charge in [-0.05, 0) is 18.9 Å². The summed E-state index contributed by atoms with van der Waals surface area (Å²) in [6.07, 6.45) is 10.3. The maximum atomic E-state index is 5.23. The van der Waals surface area contributed by atoms with Crippen LogP contribution in [0, 0.1) is 0 Å². The molecule has 0 spiro atoms. The van der Waals surface area contributed by atoms with Gasteiger partial charge in [-0.1, -0.05) is 12.2 Å². The molecule has 2 heteroatoms. The van der Waals surface area contributed by atoms with Crippen LogP contribution < -0.4 is 0 Å². The van der Waals surface area contributed by atoms with E-state index in [1.807, 2.05) is 0 Å². The first-order valence-electron chi connectivity index (χ1n) is 5.03. The third kappa shape index (κ3) is 1.78. The summed E-state index contributed by atoms with van der Waals surface area (Å²) in [6, 6.07) is 0.621. The minimum atomic E-state index is 0.621. The van der Waals surface area contributed by atoms with Crippen molar-refractivity contribution >= 4 is 0 Å². The molecule has 0 amide bonds. The van der Waals surface area contributed by atoms with E-state index in [9.17, 15) is 0 Å². The number of ether oxygens (including phenoxy) is 1. The van der Waals surface area contributed by atoms with E-state index in [0.29, 0.717) is 6.04 Å². The van der Waals surface area contributed by atoms with Gasteiger partial charge in [0.05, 0.1) is 12.6 Å². The molecular weight excluding hydrogens is 162 g/mol. The second-order valence-corrected chi connectivity index (χ2v) is 3.74. The molecule has 0 unspecified atom stereocenters. The first-order chi connectivity index (χ1) is 6.42. The van der Waals surface area contributed by atoms with Crippen LogP contribution in [0.25, 0.3) is 0 Å². The summed E-state index contributed by atoms with van der Waals surface area (Å²) >= 11 is 0. The van der Waals surface area contributed by atoms with Crippen molar-refractivity contribution < 1.29 is 4.74 Å². The molecular formula is C11H17NO. The van der Waals surface area contributed by atoms with Crippen LogP contribution in [-0.4, -0.2) is 31.2 Å². The molecule has 0 saturated carbocycles. The minimum absolute atomic E-state index is 0.621. The van der Waals surface area contributed by atoms with Crippen molar-refractivity contribution in [2.75, 3.05) is 20.3 Å². The summed E-state index contributed by atoms with van der Waals surface area (Å²) in [6.45, 7) is 2.08. The number of hydrogen-bond acceptors (Lipinski definition) is 2. The average Bonchev–Trinajstić information content (AvgIpc) is 2.71. The quantitative estimate of drug-likeness (QED) is 0.656. The summed E-state index contributed by atoms with van der Waals surface area (Å²) in [4.78, 5) is 2.50. The molecule has 0 aromatic heterocycles. The Kier molecular flexibility index (Phi) is 2.69. The standard InChI is InChI=1S/C11H17NO/c1-13-9-11-7-4-8-12(11)10-5-2-3-6-10/h2-3,5,11H,4,6-9H2,1H3/t11-/m0/s1. The van der Waals surface area contributed by atoms with Crippen molar-refractivity contribution in [2.45, 2.75) is 25.3 Å². The molecule has 2 nitrogen and oxygen atoms in total. The first-order valence-corrected chi connectivity index (χ1v) is 5.03. The van der Waals surface area contributed by atoms with E-state index in [-0.39, 0.29) is 0 Å². The molecule has 0 N–H and O–H groups in total. The van der Waals surface area contributed by atoms with E-state index in [0.717, 1.165) is 13.0 Å². The highest BCUT2D eigenvalue weighted by molar-refractivity contribution is 5.23. The van der Waals surface area contributed by atoms with E-state index in [4.69, 9.17) is 4.74 Å².